The zero-order valence-corrected chi connectivity index (χ0v) is 16.0. The van der Waals surface area contributed by atoms with Crippen molar-refractivity contribution in [3.63, 3.8) is 0 Å². The smallest absolute Gasteiger partial charge is 0.310 e. The number of esters is 1. The van der Waals surface area contributed by atoms with E-state index in [1.54, 1.807) is 25.1 Å². The molecule has 1 N–H and O–H groups in total. The van der Waals surface area contributed by atoms with Crippen LogP contribution < -0.4 is 5.32 Å². The largest absolute Gasteiger partial charge is 0.459 e. The van der Waals surface area contributed by atoms with Gasteiger partial charge in [0, 0.05) is 5.39 Å². The number of para-hydroxylation sites is 1. The van der Waals surface area contributed by atoms with Gasteiger partial charge in [-0.25, -0.2) is 0 Å². The monoisotopic (exact) mass is 405 g/mol. The van der Waals surface area contributed by atoms with Crippen LogP contribution in [0.2, 0.25) is 10.0 Å². The number of carbonyl (C=O) groups excluding carboxylic acids is 2. The lowest BCUT2D eigenvalue weighted by atomic mass is 10.1. The SMILES string of the molecule is C[C@H](NC(=O)COC(=O)Cc1ccc(Cl)c(Cl)c1)c1cc2ccccc2o1. The highest BCUT2D eigenvalue weighted by atomic mass is 35.5. The minimum atomic E-state index is -0.528. The number of fused-ring (bicyclic) bond motifs is 1. The summed E-state index contributed by atoms with van der Waals surface area (Å²) in [5.41, 5.74) is 1.41. The number of furan rings is 1. The lowest BCUT2D eigenvalue weighted by Gasteiger charge is -2.11. The van der Waals surface area contributed by atoms with Crippen LogP contribution in [0.25, 0.3) is 11.0 Å². The fourth-order valence-electron chi connectivity index (χ4n) is 2.58. The average Bonchev–Trinajstić information content (AvgIpc) is 3.07. The third-order valence-electron chi connectivity index (χ3n) is 3.95. The van der Waals surface area contributed by atoms with E-state index in [0.717, 1.165) is 11.0 Å². The predicted molar refractivity (Wildman–Crippen MR) is 104 cm³/mol. The van der Waals surface area contributed by atoms with Crippen molar-refractivity contribution < 1.29 is 18.7 Å². The molecule has 0 aliphatic carbocycles. The van der Waals surface area contributed by atoms with Crippen LogP contribution in [0.5, 0.6) is 0 Å². The van der Waals surface area contributed by atoms with Crippen molar-refractivity contribution in [2.45, 2.75) is 19.4 Å². The fourth-order valence-corrected chi connectivity index (χ4v) is 2.90. The molecule has 3 aromatic rings. The lowest BCUT2D eigenvalue weighted by Crippen LogP contribution is -2.31. The first-order valence-electron chi connectivity index (χ1n) is 8.30. The molecule has 0 bridgehead atoms. The molecule has 0 unspecified atom stereocenters. The minimum absolute atomic E-state index is 0.00327. The molecule has 1 heterocycles. The van der Waals surface area contributed by atoms with E-state index in [0.29, 0.717) is 21.4 Å². The van der Waals surface area contributed by atoms with Crippen LogP contribution in [0.15, 0.2) is 52.9 Å². The summed E-state index contributed by atoms with van der Waals surface area (Å²) in [5.74, 6) is -0.308. The van der Waals surface area contributed by atoms with Crippen molar-refractivity contribution in [1.82, 2.24) is 5.32 Å². The van der Waals surface area contributed by atoms with Crippen molar-refractivity contribution in [2.75, 3.05) is 6.61 Å². The average molecular weight is 406 g/mol. The Hall–Kier alpha value is -2.50. The number of carbonyl (C=O) groups is 2. The molecule has 0 radical (unpaired) electrons. The lowest BCUT2D eigenvalue weighted by molar-refractivity contribution is -0.148. The molecule has 0 fully saturated rings. The van der Waals surface area contributed by atoms with Crippen LogP contribution in [-0.4, -0.2) is 18.5 Å². The van der Waals surface area contributed by atoms with Gasteiger partial charge in [-0.05, 0) is 36.8 Å². The first-order chi connectivity index (χ1) is 12.9. The van der Waals surface area contributed by atoms with E-state index in [1.165, 1.54) is 0 Å². The Bertz CT molecular complexity index is 950. The van der Waals surface area contributed by atoms with Crippen LogP contribution in [0.3, 0.4) is 0 Å². The van der Waals surface area contributed by atoms with Crippen LogP contribution >= 0.6 is 23.2 Å². The molecule has 0 spiro atoms. The molecule has 2 aromatic carbocycles. The van der Waals surface area contributed by atoms with Gasteiger partial charge in [-0.3, -0.25) is 9.59 Å². The molecular weight excluding hydrogens is 389 g/mol. The Morgan fingerprint density at radius 3 is 2.63 bits per heavy atom. The molecule has 1 amide bonds. The van der Waals surface area contributed by atoms with Gasteiger partial charge in [-0.1, -0.05) is 47.5 Å². The summed E-state index contributed by atoms with van der Waals surface area (Å²) >= 11 is 11.7. The van der Waals surface area contributed by atoms with Crippen molar-refractivity contribution >= 4 is 46.0 Å². The number of hydrogen-bond acceptors (Lipinski definition) is 4. The van der Waals surface area contributed by atoms with Crippen molar-refractivity contribution in [3.05, 3.63) is 69.9 Å². The predicted octanol–water partition coefficient (Wildman–Crippen LogP) is 4.70. The summed E-state index contributed by atoms with van der Waals surface area (Å²) in [5, 5.41) is 4.47. The maximum Gasteiger partial charge on any atom is 0.310 e. The van der Waals surface area contributed by atoms with E-state index < -0.39 is 11.9 Å². The molecule has 3 rings (SSSR count). The van der Waals surface area contributed by atoms with Gasteiger partial charge < -0.3 is 14.5 Å². The van der Waals surface area contributed by atoms with Crippen LogP contribution in [-0.2, 0) is 20.7 Å². The van der Waals surface area contributed by atoms with E-state index in [1.807, 2.05) is 30.3 Å². The number of amides is 1. The Balaban J connectivity index is 1.49. The summed E-state index contributed by atoms with van der Waals surface area (Å²) in [6, 6.07) is 14.0. The summed E-state index contributed by atoms with van der Waals surface area (Å²) in [6.45, 7) is 1.43. The van der Waals surface area contributed by atoms with Crippen molar-refractivity contribution in [3.8, 4) is 0 Å². The Morgan fingerprint density at radius 2 is 1.89 bits per heavy atom. The minimum Gasteiger partial charge on any atom is -0.459 e. The third kappa shape index (κ3) is 5.02. The molecule has 140 valence electrons. The number of ether oxygens (including phenoxy) is 1. The molecule has 0 saturated carbocycles. The first-order valence-corrected chi connectivity index (χ1v) is 9.05. The maximum atomic E-state index is 12.0. The zero-order chi connectivity index (χ0) is 19.4. The molecule has 0 aliphatic heterocycles. The van der Waals surface area contributed by atoms with Crippen LogP contribution in [0, 0.1) is 0 Å². The number of halogens is 2. The number of rotatable bonds is 6. The summed E-state index contributed by atoms with van der Waals surface area (Å²) in [4.78, 5) is 23.9. The highest BCUT2D eigenvalue weighted by Crippen LogP contribution is 2.24. The van der Waals surface area contributed by atoms with Gasteiger partial charge >= 0.3 is 5.97 Å². The van der Waals surface area contributed by atoms with Gasteiger partial charge in [0.05, 0.1) is 22.5 Å². The maximum absolute atomic E-state index is 12.0. The quantitative estimate of drug-likeness (QED) is 0.603. The number of hydrogen-bond donors (Lipinski definition) is 1. The summed E-state index contributed by atoms with van der Waals surface area (Å²) in [7, 11) is 0. The van der Waals surface area contributed by atoms with E-state index in [2.05, 4.69) is 5.32 Å². The topological polar surface area (TPSA) is 68.5 Å². The van der Waals surface area contributed by atoms with Gasteiger partial charge in [-0.15, -0.1) is 0 Å². The molecule has 27 heavy (non-hydrogen) atoms. The number of nitrogens with one attached hydrogen (secondary N) is 1. The van der Waals surface area contributed by atoms with Crippen LogP contribution in [0.1, 0.15) is 24.3 Å². The first kappa shape index (κ1) is 19.3. The van der Waals surface area contributed by atoms with Crippen LogP contribution in [0.4, 0.5) is 0 Å². The molecule has 5 nitrogen and oxygen atoms in total. The highest BCUT2D eigenvalue weighted by Gasteiger charge is 2.16. The molecule has 1 aromatic heterocycles. The zero-order valence-electron chi connectivity index (χ0n) is 14.5. The molecule has 0 saturated heterocycles. The highest BCUT2D eigenvalue weighted by molar-refractivity contribution is 6.42. The van der Waals surface area contributed by atoms with Crippen molar-refractivity contribution in [1.29, 1.82) is 0 Å². The van der Waals surface area contributed by atoms with Gasteiger partial charge in [0.2, 0.25) is 0 Å². The molecule has 1 atom stereocenters. The standard InChI is InChI=1S/C20H17Cl2NO4/c1-12(18-10-14-4-2-3-5-17(14)27-18)23-19(24)11-26-20(25)9-13-6-7-15(21)16(22)8-13/h2-8,10,12H,9,11H2,1H3,(H,23,24)/t12-/m0/s1. The number of benzene rings is 2. The Kier molecular flexibility index (Phi) is 6.04. The van der Waals surface area contributed by atoms with Gasteiger partial charge in [-0.2, -0.15) is 0 Å². The second-order valence-electron chi connectivity index (χ2n) is 6.06. The Morgan fingerprint density at radius 1 is 1.11 bits per heavy atom. The third-order valence-corrected chi connectivity index (χ3v) is 4.68. The second-order valence-corrected chi connectivity index (χ2v) is 6.88. The van der Waals surface area contributed by atoms with E-state index in [-0.39, 0.29) is 19.1 Å². The van der Waals surface area contributed by atoms with Gasteiger partial charge in [0.25, 0.3) is 5.91 Å². The Labute approximate surface area is 166 Å². The van der Waals surface area contributed by atoms with E-state index >= 15 is 0 Å². The van der Waals surface area contributed by atoms with Gasteiger partial charge in [0.1, 0.15) is 11.3 Å². The van der Waals surface area contributed by atoms with Gasteiger partial charge in [0.15, 0.2) is 6.61 Å². The fraction of sp³-hybridized carbons (Fsp3) is 0.200. The molecular formula is C20H17Cl2NO4. The molecule has 0 aliphatic rings. The normalized spacial score (nSPS) is 12.0. The van der Waals surface area contributed by atoms with E-state index in [4.69, 9.17) is 32.4 Å². The van der Waals surface area contributed by atoms with E-state index in [9.17, 15) is 9.59 Å². The summed E-state index contributed by atoms with van der Waals surface area (Å²) in [6.07, 6.45) is 0.00327. The molecule has 7 heteroatoms. The second kappa shape index (κ2) is 8.46. The summed E-state index contributed by atoms with van der Waals surface area (Å²) < 4.78 is 10.7. The van der Waals surface area contributed by atoms with Crippen molar-refractivity contribution in [2.24, 2.45) is 0 Å².